The third kappa shape index (κ3) is 4.57. The molecule has 0 aliphatic carbocycles. The van der Waals surface area contributed by atoms with E-state index in [1.807, 2.05) is 25.8 Å². The van der Waals surface area contributed by atoms with Crippen LogP contribution in [-0.2, 0) is 17.7 Å². The molecule has 0 amide bonds. The van der Waals surface area contributed by atoms with E-state index in [-0.39, 0.29) is 10.6 Å². The normalized spacial score (nSPS) is 16.9. The number of benzene rings is 1. The summed E-state index contributed by atoms with van der Waals surface area (Å²) in [6, 6.07) is 5.05. The molecule has 2 aliphatic rings. The maximum Gasteiger partial charge on any atom is 0.265 e. The summed E-state index contributed by atoms with van der Waals surface area (Å²) in [7, 11) is 1.87. The van der Waals surface area contributed by atoms with Gasteiger partial charge in [0.2, 0.25) is 0 Å². The molecule has 1 fully saturated rings. The van der Waals surface area contributed by atoms with Crippen molar-refractivity contribution in [1.82, 2.24) is 15.1 Å². The molecule has 4 rings (SSSR count). The van der Waals surface area contributed by atoms with E-state index in [2.05, 4.69) is 10.00 Å². The van der Waals surface area contributed by atoms with Crippen LogP contribution in [0.4, 0.5) is 20.3 Å². The van der Waals surface area contributed by atoms with Gasteiger partial charge in [0.25, 0.3) is 6.43 Å². The van der Waals surface area contributed by atoms with Crippen LogP contribution in [0.2, 0.25) is 5.02 Å². The highest BCUT2D eigenvalue weighted by Gasteiger charge is 2.28. The molecule has 8 heteroatoms. The Morgan fingerprint density at radius 1 is 1.28 bits per heavy atom. The van der Waals surface area contributed by atoms with Crippen LogP contribution in [0.3, 0.4) is 0 Å². The molecule has 2 aliphatic heterocycles. The summed E-state index contributed by atoms with van der Waals surface area (Å²) in [6.07, 6.45) is 0.194. The van der Waals surface area contributed by atoms with Crippen molar-refractivity contribution in [2.45, 2.75) is 52.1 Å². The van der Waals surface area contributed by atoms with E-state index in [0.717, 1.165) is 56.9 Å². The fourth-order valence-corrected chi connectivity index (χ4v) is 4.09. The Morgan fingerprint density at radius 2 is 2.00 bits per heavy atom. The van der Waals surface area contributed by atoms with Crippen molar-refractivity contribution in [2.24, 2.45) is 0 Å². The maximum absolute atomic E-state index is 13.2. The highest BCUT2D eigenvalue weighted by atomic mass is 35.5. The fraction of sp³-hybridized carbons (Fsp3) is 0.571. The van der Waals surface area contributed by atoms with Gasteiger partial charge in [-0.3, -0.25) is 4.68 Å². The second-order valence-electron chi connectivity index (χ2n) is 7.03. The summed E-state index contributed by atoms with van der Waals surface area (Å²) in [6.45, 7) is 7.14. The minimum absolute atomic E-state index is 0.0820. The highest BCUT2D eigenvalue weighted by Crippen LogP contribution is 2.36. The first-order chi connectivity index (χ1) is 14.1. The lowest BCUT2D eigenvalue weighted by atomic mass is 10.1. The Balaban J connectivity index is 0.00000117. The summed E-state index contributed by atoms with van der Waals surface area (Å²) in [5, 5.41) is 8.39. The van der Waals surface area contributed by atoms with Crippen molar-refractivity contribution in [3.8, 4) is 0 Å². The predicted molar refractivity (Wildman–Crippen MR) is 113 cm³/mol. The third-order valence-electron chi connectivity index (χ3n) is 5.39. The summed E-state index contributed by atoms with van der Waals surface area (Å²) in [5.74, 6) is 0.811. The molecule has 2 aromatic rings. The first kappa shape index (κ1) is 22.0. The van der Waals surface area contributed by atoms with Crippen LogP contribution < -0.4 is 10.2 Å². The molecule has 5 nitrogen and oxygen atoms in total. The molecule has 0 unspecified atom stereocenters. The minimum Gasteiger partial charge on any atom is -0.381 e. The van der Waals surface area contributed by atoms with Gasteiger partial charge in [-0.25, -0.2) is 8.78 Å². The topological polar surface area (TPSA) is 42.3 Å². The van der Waals surface area contributed by atoms with Gasteiger partial charge in [0.15, 0.2) is 5.82 Å². The van der Waals surface area contributed by atoms with E-state index in [4.69, 9.17) is 21.4 Å². The number of nitrogens with zero attached hydrogens (tertiary/aromatic N) is 3. The molecule has 1 aromatic carbocycles. The van der Waals surface area contributed by atoms with E-state index in [0.29, 0.717) is 11.7 Å². The number of hydrogen-bond acceptors (Lipinski definition) is 4. The number of halogens is 3. The van der Waals surface area contributed by atoms with Crippen LogP contribution in [0.5, 0.6) is 0 Å². The summed E-state index contributed by atoms with van der Waals surface area (Å²) < 4.78 is 34.1. The first-order valence-electron chi connectivity index (χ1n) is 10.3. The van der Waals surface area contributed by atoms with E-state index in [1.165, 1.54) is 17.8 Å². The molecule has 0 bridgehead atoms. The van der Waals surface area contributed by atoms with Crippen molar-refractivity contribution in [2.75, 3.05) is 31.7 Å². The zero-order valence-electron chi connectivity index (χ0n) is 17.2. The molecule has 0 atom stereocenters. The first-order valence-corrected chi connectivity index (χ1v) is 10.6. The number of rotatable bonds is 4. The van der Waals surface area contributed by atoms with Gasteiger partial charge in [0.1, 0.15) is 0 Å². The van der Waals surface area contributed by atoms with Crippen molar-refractivity contribution in [3.63, 3.8) is 0 Å². The standard InChI is InChI=1S/C19H23ClF2N4O.C2H6/c1-25(13-2-3-16(20)14(10-13)18(21)22)19-15-11-23-7-4-17(15)26(24-19)12-5-8-27-9-6-12;1-2/h2-3,10,12,18,23H,4-9,11H2,1H3;1-2H3. The Labute approximate surface area is 176 Å². The monoisotopic (exact) mass is 426 g/mol. The van der Waals surface area contributed by atoms with Crippen LogP contribution in [0.25, 0.3) is 0 Å². The Bertz CT molecular complexity index is 821. The average Bonchev–Trinajstić information content (AvgIpc) is 3.15. The summed E-state index contributed by atoms with van der Waals surface area (Å²) in [4.78, 5) is 1.88. The third-order valence-corrected chi connectivity index (χ3v) is 5.74. The van der Waals surface area contributed by atoms with Gasteiger partial charge in [0.05, 0.1) is 6.04 Å². The molecule has 0 saturated carbocycles. The SMILES string of the molecule is CC.CN(c1ccc(Cl)c(C(F)F)c1)c1nn(C2CCOCC2)c2c1CNCC2. The van der Waals surface area contributed by atoms with Gasteiger partial charge >= 0.3 is 0 Å². The van der Waals surface area contributed by atoms with E-state index in [1.54, 1.807) is 6.07 Å². The number of nitrogens with one attached hydrogen (secondary N) is 1. The van der Waals surface area contributed by atoms with Gasteiger partial charge in [0, 0.05) is 67.3 Å². The number of alkyl halides is 2. The van der Waals surface area contributed by atoms with Crippen molar-refractivity contribution < 1.29 is 13.5 Å². The summed E-state index contributed by atoms with van der Waals surface area (Å²) in [5.41, 5.74) is 2.88. The van der Waals surface area contributed by atoms with E-state index >= 15 is 0 Å². The zero-order chi connectivity index (χ0) is 21.0. The molecule has 0 spiro atoms. The lowest BCUT2D eigenvalue weighted by molar-refractivity contribution is 0.0654. The van der Waals surface area contributed by atoms with Crippen molar-refractivity contribution in [1.29, 1.82) is 0 Å². The van der Waals surface area contributed by atoms with Crippen LogP contribution in [-0.4, -0.2) is 36.6 Å². The number of fused-ring (bicyclic) bond motifs is 1. The number of anilines is 2. The highest BCUT2D eigenvalue weighted by molar-refractivity contribution is 6.31. The molecule has 1 N–H and O–H groups in total. The second kappa shape index (κ2) is 9.87. The molecule has 29 heavy (non-hydrogen) atoms. The Kier molecular flexibility index (Phi) is 7.49. The molecular formula is C21H29ClF2N4O. The molecule has 1 aromatic heterocycles. The minimum atomic E-state index is -2.61. The smallest absolute Gasteiger partial charge is 0.265 e. The van der Waals surface area contributed by atoms with Gasteiger partial charge in [-0.15, -0.1) is 0 Å². The lowest BCUT2D eigenvalue weighted by Gasteiger charge is -2.25. The van der Waals surface area contributed by atoms with Gasteiger partial charge in [-0.2, -0.15) is 5.10 Å². The van der Waals surface area contributed by atoms with E-state index in [9.17, 15) is 8.78 Å². The average molecular weight is 427 g/mol. The predicted octanol–water partition coefficient (Wildman–Crippen LogP) is 5.27. The van der Waals surface area contributed by atoms with Crippen LogP contribution >= 0.6 is 11.6 Å². The zero-order valence-corrected chi connectivity index (χ0v) is 18.0. The molecule has 1 saturated heterocycles. The van der Waals surface area contributed by atoms with Gasteiger partial charge in [-0.1, -0.05) is 25.4 Å². The number of hydrogen-bond donors (Lipinski definition) is 1. The Morgan fingerprint density at radius 3 is 2.69 bits per heavy atom. The molecule has 0 radical (unpaired) electrons. The molecule has 3 heterocycles. The van der Waals surface area contributed by atoms with Gasteiger partial charge < -0.3 is 15.0 Å². The number of ether oxygens (including phenoxy) is 1. The van der Waals surface area contributed by atoms with Gasteiger partial charge in [-0.05, 0) is 31.0 Å². The maximum atomic E-state index is 13.2. The number of aromatic nitrogens is 2. The van der Waals surface area contributed by atoms with Crippen LogP contribution in [0.1, 0.15) is 56.0 Å². The van der Waals surface area contributed by atoms with Crippen LogP contribution in [0, 0.1) is 0 Å². The largest absolute Gasteiger partial charge is 0.381 e. The van der Waals surface area contributed by atoms with E-state index < -0.39 is 6.43 Å². The van der Waals surface area contributed by atoms with Crippen LogP contribution in [0.15, 0.2) is 18.2 Å². The van der Waals surface area contributed by atoms with Crippen molar-refractivity contribution in [3.05, 3.63) is 40.0 Å². The molecular weight excluding hydrogens is 398 g/mol. The molecule has 160 valence electrons. The van der Waals surface area contributed by atoms with Crippen molar-refractivity contribution >= 4 is 23.1 Å². The quantitative estimate of drug-likeness (QED) is 0.723. The second-order valence-corrected chi connectivity index (χ2v) is 7.44. The Hall–Kier alpha value is -1.70. The lowest BCUT2D eigenvalue weighted by Crippen LogP contribution is -2.28. The summed E-state index contributed by atoms with van der Waals surface area (Å²) >= 11 is 5.92. The fourth-order valence-electron chi connectivity index (χ4n) is 3.89.